The van der Waals surface area contributed by atoms with E-state index < -0.39 is 10.0 Å². The smallest absolute Gasteiger partial charge is 0.251 e. The van der Waals surface area contributed by atoms with Crippen LogP contribution >= 0.6 is 11.3 Å². The Labute approximate surface area is 162 Å². The van der Waals surface area contributed by atoms with Crippen LogP contribution in [0.2, 0.25) is 0 Å². The molecule has 9 heteroatoms. The van der Waals surface area contributed by atoms with E-state index in [2.05, 4.69) is 10.4 Å². The van der Waals surface area contributed by atoms with Crippen molar-refractivity contribution in [2.75, 3.05) is 20.6 Å². The molecule has 1 unspecified atom stereocenters. The van der Waals surface area contributed by atoms with Crippen molar-refractivity contribution >= 4 is 27.3 Å². The molecule has 2 heterocycles. The standard InChI is InChI=1S/C18H20N4O3S2/c1-21(2)27(24,25)15-8-6-14(7-9-15)18(23)19-13-16(17-5-3-12-26-17)22-11-4-10-20-22/h3-12,16H,13H2,1-2H3,(H,19,23). The van der Waals surface area contributed by atoms with E-state index in [0.717, 1.165) is 9.18 Å². The number of amides is 1. The lowest BCUT2D eigenvalue weighted by molar-refractivity contribution is 0.0949. The Morgan fingerprint density at radius 2 is 1.96 bits per heavy atom. The summed E-state index contributed by atoms with van der Waals surface area (Å²) in [7, 11) is -0.576. The molecular formula is C18H20N4O3S2. The maximum atomic E-state index is 12.5. The van der Waals surface area contributed by atoms with Gasteiger partial charge in [0.2, 0.25) is 10.0 Å². The fraction of sp³-hybridized carbons (Fsp3) is 0.222. The van der Waals surface area contributed by atoms with Gasteiger partial charge in [0.05, 0.1) is 4.90 Å². The van der Waals surface area contributed by atoms with Crippen LogP contribution in [-0.2, 0) is 10.0 Å². The first-order chi connectivity index (χ1) is 12.9. The number of nitrogens with one attached hydrogen (secondary N) is 1. The third-order valence-corrected chi connectivity index (χ3v) is 6.87. The molecule has 0 spiro atoms. The molecule has 142 valence electrons. The van der Waals surface area contributed by atoms with Crippen molar-refractivity contribution in [3.8, 4) is 0 Å². The zero-order valence-corrected chi connectivity index (χ0v) is 16.6. The number of hydrogen-bond donors (Lipinski definition) is 1. The van der Waals surface area contributed by atoms with Crippen molar-refractivity contribution in [2.45, 2.75) is 10.9 Å². The topological polar surface area (TPSA) is 84.3 Å². The number of rotatable bonds is 7. The first kappa shape index (κ1) is 19.3. The predicted molar refractivity (Wildman–Crippen MR) is 104 cm³/mol. The lowest BCUT2D eigenvalue weighted by Gasteiger charge is -2.17. The van der Waals surface area contributed by atoms with Gasteiger partial charge in [0.15, 0.2) is 0 Å². The largest absolute Gasteiger partial charge is 0.350 e. The molecule has 1 aromatic carbocycles. The van der Waals surface area contributed by atoms with E-state index in [1.54, 1.807) is 22.2 Å². The number of sulfonamides is 1. The molecule has 2 aromatic heterocycles. The first-order valence-corrected chi connectivity index (χ1v) is 10.5. The summed E-state index contributed by atoms with van der Waals surface area (Å²) in [5.74, 6) is -0.266. The molecule has 27 heavy (non-hydrogen) atoms. The zero-order valence-electron chi connectivity index (χ0n) is 14.9. The number of thiophene rings is 1. The van der Waals surface area contributed by atoms with E-state index in [1.807, 2.05) is 29.8 Å². The van der Waals surface area contributed by atoms with Crippen LogP contribution < -0.4 is 5.32 Å². The molecule has 0 saturated carbocycles. The fourth-order valence-electron chi connectivity index (χ4n) is 2.55. The predicted octanol–water partition coefficient (Wildman–Crippen LogP) is 2.21. The van der Waals surface area contributed by atoms with Crippen LogP contribution in [0, 0.1) is 0 Å². The van der Waals surface area contributed by atoms with Gasteiger partial charge in [-0.15, -0.1) is 11.3 Å². The summed E-state index contributed by atoms with van der Waals surface area (Å²) in [5, 5.41) is 9.17. The minimum atomic E-state index is -3.51. The Morgan fingerprint density at radius 1 is 1.22 bits per heavy atom. The van der Waals surface area contributed by atoms with E-state index in [9.17, 15) is 13.2 Å². The van der Waals surface area contributed by atoms with E-state index in [4.69, 9.17) is 0 Å². The first-order valence-electron chi connectivity index (χ1n) is 8.23. The number of carbonyl (C=O) groups is 1. The Kier molecular flexibility index (Phi) is 5.73. The van der Waals surface area contributed by atoms with Crippen molar-refractivity contribution in [3.05, 3.63) is 70.7 Å². The van der Waals surface area contributed by atoms with Gasteiger partial charge in [0, 0.05) is 43.5 Å². The van der Waals surface area contributed by atoms with Gasteiger partial charge < -0.3 is 5.32 Å². The second-order valence-electron chi connectivity index (χ2n) is 6.04. The monoisotopic (exact) mass is 404 g/mol. The van der Waals surface area contributed by atoms with Crippen LogP contribution in [0.25, 0.3) is 0 Å². The second kappa shape index (κ2) is 8.03. The lowest BCUT2D eigenvalue weighted by atomic mass is 10.2. The molecule has 0 radical (unpaired) electrons. The highest BCUT2D eigenvalue weighted by atomic mass is 32.2. The van der Waals surface area contributed by atoms with Gasteiger partial charge >= 0.3 is 0 Å². The molecular weight excluding hydrogens is 384 g/mol. The molecule has 1 N–H and O–H groups in total. The molecule has 0 saturated heterocycles. The third kappa shape index (κ3) is 4.26. The zero-order chi connectivity index (χ0) is 19.4. The Balaban J connectivity index is 1.71. The molecule has 3 aromatic rings. The number of benzene rings is 1. The minimum Gasteiger partial charge on any atom is -0.350 e. The van der Waals surface area contributed by atoms with Crippen molar-refractivity contribution in [1.82, 2.24) is 19.4 Å². The molecule has 0 fully saturated rings. The molecule has 3 rings (SSSR count). The molecule has 0 aliphatic heterocycles. The van der Waals surface area contributed by atoms with E-state index >= 15 is 0 Å². The van der Waals surface area contributed by atoms with Crippen molar-refractivity contribution < 1.29 is 13.2 Å². The summed E-state index contributed by atoms with van der Waals surface area (Å²) in [4.78, 5) is 13.7. The summed E-state index contributed by atoms with van der Waals surface area (Å²) in [6.07, 6.45) is 3.56. The van der Waals surface area contributed by atoms with Crippen LogP contribution in [0.3, 0.4) is 0 Å². The fourth-order valence-corrected chi connectivity index (χ4v) is 4.27. The van der Waals surface area contributed by atoms with Gasteiger partial charge in [0.1, 0.15) is 6.04 Å². The van der Waals surface area contributed by atoms with Crippen LogP contribution in [0.15, 0.2) is 65.1 Å². The number of aromatic nitrogens is 2. The summed E-state index contributed by atoms with van der Waals surface area (Å²) in [5.41, 5.74) is 0.401. The van der Waals surface area contributed by atoms with Crippen LogP contribution in [0.5, 0.6) is 0 Å². The van der Waals surface area contributed by atoms with Crippen molar-refractivity contribution in [3.63, 3.8) is 0 Å². The summed E-state index contributed by atoms with van der Waals surface area (Å²) in [6.45, 7) is 0.374. The average Bonchev–Trinajstić information content (AvgIpc) is 3.36. The lowest BCUT2D eigenvalue weighted by Crippen LogP contribution is -2.31. The highest BCUT2D eigenvalue weighted by molar-refractivity contribution is 7.89. The molecule has 0 bridgehead atoms. The van der Waals surface area contributed by atoms with Gasteiger partial charge in [-0.2, -0.15) is 5.10 Å². The van der Waals surface area contributed by atoms with E-state index in [1.165, 1.54) is 38.4 Å². The summed E-state index contributed by atoms with van der Waals surface area (Å²) < 4.78 is 27.2. The molecule has 1 atom stereocenters. The maximum absolute atomic E-state index is 12.5. The summed E-state index contributed by atoms with van der Waals surface area (Å²) in [6, 6.07) is 11.6. The number of hydrogen-bond acceptors (Lipinski definition) is 5. The average molecular weight is 405 g/mol. The van der Waals surface area contributed by atoms with Gasteiger partial charge in [-0.25, -0.2) is 12.7 Å². The Hall–Kier alpha value is -2.49. The number of nitrogens with zero attached hydrogens (tertiary/aromatic N) is 3. The van der Waals surface area contributed by atoms with Gasteiger partial charge in [-0.05, 0) is 41.8 Å². The maximum Gasteiger partial charge on any atom is 0.251 e. The van der Waals surface area contributed by atoms with Crippen LogP contribution in [0.1, 0.15) is 21.3 Å². The molecule has 7 nitrogen and oxygen atoms in total. The van der Waals surface area contributed by atoms with E-state index in [0.29, 0.717) is 12.1 Å². The quantitative estimate of drug-likeness (QED) is 0.654. The highest BCUT2D eigenvalue weighted by Crippen LogP contribution is 2.22. The highest BCUT2D eigenvalue weighted by Gasteiger charge is 2.19. The van der Waals surface area contributed by atoms with Gasteiger partial charge in [0.25, 0.3) is 5.91 Å². The summed E-state index contributed by atoms with van der Waals surface area (Å²) >= 11 is 1.60. The second-order valence-corrected chi connectivity index (χ2v) is 9.17. The van der Waals surface area contributed by atoms with Crippen molar-refractivity contribution in [1.29, 1.82) is 0 Å². The van der Waals surface area contributed by atoms with Crippen molar-refractivity contribution in [2.24, 2.45) is 0 Å². The van der Waals surface area contributed by atoms with Gasteiger partial charge in [-0.3, -0.25) is 9.48 Å². The Bertz CT molecular complexity index is 946. The Morgan fingerprint density at radius 3 is 2.52 bits per heavy atom. The van der Waals surface area contributed by atoms with E-state index in [-0.39, 0.29) is 16.8 Å². The molecule has 0 aliphatic carbocycles. The SMILES string of the molecule is CN(C)S(=O)(=O)c1ccc(C(=O)NCC(c2cccs2)n2cccn2)cc1. The third-order valence-electron chi connectivity index (χ3n) is 4.07. The molecule has 0 aliphatic rings. The van der Waals surface area contributed by atoms with Crippen LogP contribution in [0.4, 0.5) is 0 Å². The molecule has 1 amide bonds. The number of carbonyl (C=O) groups excluding carboxylic acids is 1. The van der Waals surface area contributed by atoms with Crippen LogP contribution in [-0.4, -0.2) is 49.1 Å². The minimum absolute atomic E-state index is 0.0997. The normalized spacial score (nSPS) is 12.9. The van der Waals surface area contributed by atoms with Gasteiger partial charge in [-0.1, -0.05) is 6.07 Å².